The fraction of sp³-hybridized carbons (Fsp3) is 0.125. The van der Waals surface area contributed by atoms with Crippen LogP contribution < -0.4 is 5.32 Å². The quantitative estimate of drug-likeness (QED) is 0.728. The molecule has 0 unspecified atom stereocenters. The Hall–Kier alpha value is -1.82. The summed E-state index contributed by atoms with van der Waals surface area (Å²) in [6.45, 7) is -0.446. The van der Waals surface area contributed by atoms with E-state index >= 15 is 0 Å². The Morgan fingerprint density at radius 1 is 1.12 bits per heavy atom. The van der Waals surface area contributed by atoms with Gasteiger partial charge >= 0.3 is 0 Å². The van der Waals surface area contributed by atoms with Gasteiger partial charge in [0.1, 0.15) is 0 Å². The fourth-order valence-electron chi connectivity index (χ4n) is 1.98. The van der Waals surface area contributed by atoms with Crippen LogP contribution in [0.5, 0.6) is 0 Å². The number of rotatable bonds is 5. The molecule has 1 N–H and O–H groups in total. The molecule has 136 valence electrons. The van der Waals surface area contributed by atoms with Crippen LogP contribution in [0.25, 0.3) is 0 Å². The van der Waals surface area contributed by atoms with Crippen molar-refractivity contribution in [1.82, 2.24) is 4.31 Å². The lowest BCUT2D eigenvalue weighted by atomic mass is 10.2. The lowest BCUT2D eigenvalue weighted by Crippen LogP contribution is -2.35. The van der Waals surface area contributed by atoms with Crippen molar-refractivity contribution in [1.29, 1.82) is 5.26 Å². The minimum absolute atomic E-state index is 0.0284. The molecule has 0 saturated heterocycles. The molecule has 1 amide bonds. The normalized spacial score (nSPS) is 11.2. The van der Waals surface area contributed by atoms with Gasteiger partial charge in [-0.25, -0.2) is 8.42 Å². The lowest BCUT2D eigenvalue weighted by molar-refractivity contribution is -0.116. The van der Waals surface area contributed by atoms with Crippen molar-refractivity contribution in [3.63, 3.8) is 0 Å². The Labute approximate surface area is 165 Å². The average Bonchev–Trinajstić information content (AvgIpc) is 2.59. The van der Waals surface area contributed by atoms with Crippen LogP contribution in [0.4, 0.5) is 5.69 Å². The van der Waals surface area contributed by atoms with E-state index in [-0.39, 0.29) is 25.7 Å². The average molecular weight is 433 g/mol. The second-order valence-corrected chi connectivity index (χ2v) is 8.46. The van der Waals surface area contributed by atoms with E-state index in [1.165, 1.54) is 43.4 Å². The van der Waals surface area contributed by atoms with Crippen LogP contribution in [0.2, 0.25) is 15.1 Å². The van der Waals surface area contributed by atoms with Crippen LogP contribution in [0, 0.1) is 11.3 Å². The highest BCUT2D eigenvalue weighted by molar-refractivity contribution is 7.89. The highest BCUT2D eigenvalue weighted by atomic mass is 35.5. The standard InChI is InChI=1S/C16H12Cl3N3O3S/c1-22(26(24,25)11-4-2-10(8-20)3-5-11)9-16(23)21-15-7-13(18)12(17)6-14(15)19/h2-7H,9H2,1H3,(H,21,23). The number of anilines is 1. The number of nitriles is 1. The molecule has 2 aromatic carbocycles. The molecule has 0 aliphatic heterocycles. The Kier molecular flexibility index (Phi) is 6.50. The molecule has 0 aliphatic rings. The molecule has 0 bridgehead atoms. The number of likely N-dealkylation sites (N-methyl/N-ethyl adjacent to an activating group) is 1. The third kappa shape index (κ3) is 4.67. The van der Waals surface area contributed by atoms with E-state index in [0.717, 1.165) is 4.31 Å². The van der Waals surface area contributed by atoms with Gasteiger partial charge in [-0.3, -0.25) is 4.79 Å². The van der Waals surface area contributed by atoms with Gasteiger partial charge in [-0.05, 0) is 36.4 Å². The number of benzene rings is 2. The van der Waals surface area contributed by atoms with Gasteiger partial charge in [-0.2, -0.15) is 9.57 Å². The summed E-state index contributed by atoms with van der Waals surface area (Å²) in [6.07, 6.45) is 0. The molecule has 0 fully saturated rings. The predicted molar refractivity (Wildman–Crippen MR) is 101 cm³/mol. The van der Waals surface area contributed by atoms with Crippen molar-refractivity contribution < 1.29 is 13.2 Å². The minimum atomic E-state index is -3.89. The lowest BCUT2D eigenvalue weighted by Gasteiger charge is -2.17. The number of carbonyl (C=O) groups excluding carboxylic acids is 1. The predicted octanol–water partition coefficient (Wildman–Crippen LogP) is 3.78. The van der Waals surface area contributed by atoms with Crippen LogP contribution >= 0.6 is 34.8 Å². The maximum Gasteiger partial charge on any atom is 0.243 e. The zero-order chi connectivity index (χ0) is 19.5. The van der Waals surface area contributed by atoms with E-state index in [9.17, 15) is 13.2 Å². The van der Waals surface area contributed by atoms with Crippen molar-refractivity contribution in [2.75, 3.05) is 18.9 Å². The van der Waals surface area contributed by atoms with Crippen LogP contribution in [-0.2, 0) is 14.8 Å². The molecule has 0 heterocycles. The van der Waals surface area contributed by atoms with E-state index in [4.69, 9.17) is 40.1 Å². The van der Waals surface area contributed by atoms with Gasteiger partial charge < -0.3 is 5.32 Å². The van der Waals surface area contributed by atoms with Gasteiger partial charge in [0.2, 0.25) is 15.9 Å². The van der Waals surface area contributed by atoms with E-state index in [1.54, 1.807) is 0 Å². The van der Waals surface area contributed by atoms with Gasteiger partial charge in [-0.1, -0.05) is 34.8 Å². The third-order valence-electron chi connectivity index (χ3n) is 3.34. The van der Waals surface area contributed by atoms with E-state index < -0.39 is 22.5 Å². The van der Waals surface area contributed by atoms with Gasteiger partial charge in [0.15, 0.2) is 0 Å². The Balaban J connectivity index is 2.13. The van der Waals surface area contributed by atoms with Crippen molar-refractivity contribution >= 4 is 56.4 Å². The first-order chi connectivity index (χ1) is 12.1. The van der Waals surface area contributed by atoms with Crippen molar-refractivity contribution in [3.05, 3.63) is 57.0 Å². The molecule has 0 aliphatic carbocycles. The first-order valence-corrected chi connectivity index (χ1v) is 9.63. The topological polar surface area (TPSA) is 90.3 Å². The summed E-state index contributed by atoms with van der Waals surface area (Å²) in [4.78, 5) is 12.1. The molecule has 10 heteroatoms. The Morgan fingerprint density at radius 2 is 1.69 bits per heavy atom. The SMILES string of the molecule is CN(CC(=O)Nc1cc(Cl)c(Cl)cc1Cl)S(=O)(=O)c1ccc(C#N)cc1. The van der Waals surface area contributed by atoms with E-state index in [0.29, 0.717) is 5.56 Å². The van der Waals surface area contributed by atoms with Crippen molar-refractivity contribution in [3.8, 4) is 6.07 Å². The molecule has 0 atom stereocenters. The smallest absolute Gasteiger partial charge is 0.243 e. The number of nitrogens with zero attached hydrogens (tertiary/aromatic N) is 2. The van der Waals surface area contributed by atoms with Gasteiger partial charge in [0.05, 0.1) is 43.8 Å². The Morgan fingerprint density at radius 3 is 2.27 bits per heavy atom. The Bertz CT molecular complexity index is 986. The summed E-state index contributed by atoms with van der Waals surface area (Å²) in [7, 11) is -2.63. The summed E-state index contributed by atoms with van der Waals surface area (Å²) < 4.78 is 25.9. The van der Waals surface area contributed by atoms with E-state index in [2.05, 4.69) is 5.32 Å². The highest BCUT2D eigenvalue weighted by Crippen LogP contribution is 2.32. The summed E-state index contributed by atoms with van der Waals surface area (Å²) in [5, 5.41) is 11.9. The van der Waals surface area contributed by atoms with Crippen LogP contribution in [-0.4, -0.2) is 32.2 Å². The number of hydrogen-bond donors (Lipinski definition) is 1. The molecule has 0 spiro atoms. The van der Waals surface area contributed by atoms with Crippen LogP contribution in [0.15, 0.2) is 41.3 Å². The van der Waals surface area contributed by atoms with Crippen LogP contribution in [0.1, 0.15) is 5.56 Å². The largest absolute Gasteiger partial charge is 0.324 e. The molecule has 6 nitrogen and oxygen atoms in total. The molecule has 2 aromatic rings. The second kappa shape index (κ2) is 8.25. The molecule has 0 saturated carbocycles. The molecule has 2 rings (SSSR count). The second-order valence-electron chi connectivity index (χ2n) is 5.19. The molecular weight excluding hydrogens is 421 g/mol. The summed E-state index contributed by atoms with van der Waals surface area (Å²) >= 11 is 17.7. The molecule has 0 aromatic heterocycles. The minimum Gasteiger partial charge on any atom is -0.324 e. The maximum atomic E-state index is 12.5. The zero-order valence-electron chi connectivity index (χ0n) is 13.3. The third-order valence-corrected chi connectivity index (χ3v) is 6.19. The number of halogens is 3. The monoisotopic (exact) mass is 431 g/mol. The summed E-state index contributed by atoms with van der Waals surface area (Å²) in [5.74, 6) is -0.606. The first-order valence-electron chi connectivity index (χ1n) is 7.06. The molecular formula is C16H12Cl3N3O3S. The molecule has 0 radical (unpaired) electrons. The fourth-order valence-corrected chi connectivity index (χ4v) is 3.70. The number of sulfonamides is 1. The maximum absolute atomic E-state index is 12.5. The zero-order valence-corrected chi connectivity index (χ0v) is 16.4. The summed E-state index contributed by atoms with van der Waals surface area (Å²) in [6, 6.07) is 10.0. The number of amides is 1. The van der Waals surface area contributed by atoms with Crippen LogP contribution in [0.3, 0.4) is 0 Å². The number of nitrogens with one attached hydrogen (secondary N) is 1. The molecule has 26 heavy (non-hydrogen) atoms. The van der Waals surface area contributed by atoms with Crippen molar-refractivity contribution in [2.24, 2.45) is 0 Å². The highest BCUT2D eigenvalue weighted by Gasteiger charge is 2.23. The van der Waals surface area contributed by atoms with Crippen molar-refractivity contribution in [2.45, 2.75) is 4.90 Å². The van der Waals surface area contributed by atoms with Gasteiger partial charge in [0.25, 0.3) is 0 Å². The number of carbonyl (C=O) groups is 1. The van der Waals surface area contributed by atoms with Gasteiger partial charge in [-0.15, -0.1) is 0 Å². The number of hydrogen-bond acceptors (Lipinski definition) is 4. The first kappa shape index (κ1) is 20.5. The summed E-state index contributed by atoms with van der Waals surface area (Å²) in [5.41, 5.74) is 0.550. The van der Waals surface area contributed by atoms with E-state index in [1.807, 2.05) is 6.07 Å². The van der Waals surface area contributed by atoms with Gasteiger partial charge in [0, 0.05) is 7.05 Å².